The van der Waals surface area contributed by atoms with Crippen molar-refractivity contribution in [2.75, 3.05) is 13.1 Å². The number of fused-ring (bicyclic) bond motifs is 1. The number of carbonyl (C=O) groups is 3. The van der Waals surface area contributed by atoms with Crippen molar-refractivity contribution in [2.24, 2.45) is 11.8 Å². The van der Waals surface area contributed by atoms with Gasteiger partial charge in [0.25, 0.3) is 5.91 Å². The van der Waals surface area contributed by atoms with Gasteiger partial charge >= 0.3 is 0 Å². The van der Waals surface area contributed by atoms with Gasteiger partial charge in [0.1, 0.15) is 5.69 Å². The van der Waals surface area contributed by atoms with E-state index in [9.17, 15) is 14.4 Å². The Balaban J connectivity index is 1.63. The standard InChI is InChI=1S/C21H31N3O3/c1-12(2)14(4)22-20(26)15-8-10-24(11-9-15)21(27)19-13(3)18-16(23-19)6-5-7-17(18)25/h12,14-15,23H,5-11H2,1-4H3,(H,22,26). The predicted octanol–water partition coefficient (Wildman–Crippen LogP) is 2.86. The van der Waals surface area contributed by atoms with Crippen molar-refractivity contribution in [3.63, 3.8) is 0 Å². The molecule has 1 aliphatic heterocycles. The van der Waals surface area contributed by atoms with Crippen LogP contribution in [0.25, 0.3) is 0 Å². The molecule has 0 radical (unpaired) electrons. The third kappa shape index (κ3) is 3.94. The number of rotatable bonds is 4. The largest absolute Gasteiger partial charge is 0.354 e. The van der Waals surface area contributed by atoms with E-state index in [1.165, 1.54) is 0 Å². The third-order valence-corrected chi connectivity index (χ3v) is 6.17. The van der Waals surface area contributed by atoms with Gasteiger partial charge in [-0.3, -0.25) is 14.4 Å². The number of hydrogen-bond donors (Lipinski definition) is 2. The van der Waals surface area contributed by atoms with Crippen LogP contribution in [-0.4, -0.2) is 46.6 Å². The molecule has 0 aromatic carbocycles. The fraction of sp³-hybridized carbons (Fsp3) is 0.667. The lowest BCUT2D eigenvalue weighted by molar-refractivity contribution is -0.127. The smallest absolute Gasteiger partial charge is 0.270 e. The molecule has 1 aromatic rings. The molecule has 0 bridgehead atoms. The Kier molecular flexibility index (Phi) is 5.72. The van der Waals surface area contributed by atoms with Crippen LogP contribution in [0, 0.1) is 18.8 Å². The number of aromatic amines is 1. The molecule has 6 heteroatoms. The molecule has 1 saturated heterocycles. The Bertz CT molecular complexity index is 742. The zero-order valence-electron chi connectivity index (χ0n) is 16.9. The summed E-state index contributed by atoms with van der Waals surface area (Å²) in [6, 6.07) is 0.155. The van der Waals surface area contributed by atoms with Crippen LogP contribution in [0.3, 0.4) is 0 Å². The van der Waals surface area contributed by atoms with Gasteiger partial charge in [0.05, 0.1) is 0 Å². The first-order valence-electron chi connectivity index (χ1n) is 10.1. The first-order chi connectivity index (χ1) is 12.8. The summed E-state index contributed by atoms with van der Waals surface area (Å²) in [5, 5.41) is 3.09. The summed E-state index contributed by atoms with van der Waals surface area (Å²) >= 11 is 0. The Morgan fingerprint density at radius 3 is 2.41 bits per heavy atom. The van der Waals surface area contributed by atoms with E-state index in [1.807, 2.05) is 18.7 Å². The average Bonchev–Trinajstić information content (AvgIpc) is 2.99. The van der Waals surface area contributed by atoms with Crippen LogP contribution >= 0.6 is 0 Å². The van der Waals surface area contributed by atoms with Crippen LogP contribution in [-0.2, 0) is 11.2 Å². The van der Waals surface area contributed by atoms with Crippen molar-refractivity contribution >= 4 is 17.6 Å². The number of H-pyrrole nitrogens is 1. The van der Waals surface area contributed by atoms with Crippen LogP contribution in [0.15, 0.2) is 0 Å². The summed E-state index contributed by atoms with van der Waals surface area (Å²) in [7, 11) is 0. The monoisotopic (exact) mass is 373 g/mol. The highest BCUT2D eigenvalue weighted by atomic mass is 16.2. The number of likely N-dealkylation sites (tertiary alicyclic amines) is 1. The van der Waals surface area contributed by atoms with Gasteiger partial charge in [-0.2, -0.15) is 0 Å². The van der Waals surface area contributed by atoms with E-state index in [-0.39, 0.29) is 29.6 Å². The second-order valence-corrected chi connectivity index (χ2v) is 8.36. The molecule has 27 heavy (non-hydrogen) atoms. The summed E-state index contributed by atoms with van der Waals surface area (Å²) in [6.07, 6.45) is 3.59. The Hall–Kier alpha value is -2.11. The van der Waals surface area contributed by atoms with E-state index in [0.717, 1.165) is 29.7 Å². The van der Waals surface area contributed by atoms with Gasteiger partial charge in [0, 0.05) is 42.7 Å². The molecule has 148 valence electrons. The highest BCUT2D eigenvalue weighted by Crippen LogP contribution is 2.28. The number of hydrogen-bond acceptors (Lipinski definition) is 3. The minimum Gasteiger partial charge on any atom is -0.354 e. The summed E-state index contributed by atoms with van der Waals surface area (Å²) in [5.41, 5.74) is 2.96. The van der Waals surface area contributed by atoms with Crippen molar-refractivity contribution in [1.82, 2.24) is 15.2 Å². The van der Waals surface area contributed by atoms with E-state index in [4.69, 9.17) is 0 Å². The number of Topliss-reactive ketones (excluding diaryl/α,β-unsaturated/α-hetero) is 1. The molecule has 3 rings (SSSR count). The van der Waals surface area contributed by atoms with Crippen molar-refractivity contribution < 1.29 is 14.4 Å². The SMILES string of the molecule is Cc1c(C(=O)N2CCC(C(=O)NC(C)C(C)C)CC2)[nH]c2c1C(=O)CCC2. The lowest BCUT2D eigenvalue weighted by atomic mass is 9.93. The molecule has 1 aromatic heterocycles. The van der Waals surface area contributed by atoms with Crippen LogP contribution in [0.4, 0.5) is 0 Å². The number of ketones is 1. The quantitative estimate of drug-likeness (QED) is 0.851. The fourth-order valence-electron chi connectivity index (χ4n) is 4.00. The van der Waals surface area contributed by atoms with E-state index in [2.05, 4.69) is 24.1 Å². The first kappa shape index (κ1) is 19.6. The van der Waals surface area contributed by atoms with Gasteiger partial charge in [-0.1, -0.05) is 13.8 Å². The summed E-state index contributed by atoms with van der Waals surface area (Å²) in [4.78, 5) is 42.6. The highest BCUT2D eigenvalue weighted by Gasteiger charge is 2.32. The van der Waals surface area contributed by atoms with Gasteiger partial charge in [0.15, 0.2) is 5.78 Å². The topological polar surface area (TPSA) is 82.3 Å². The number of amides is 2. The molecule has 2 aliphatic rings. The number of nitrogens with zero attached hydrogens (tertiary/aromatic N) is 1. The van der Waals surface area contributed by atoms with Crippen molar-refractivity contribution in [1.29, 1.82) is 0 Å². The van der Waals surface area contributed by atoms with E-state index in [0.29, 0.717) is 44.0 Å². The second kappa shape index (κ2) is 7.87. The third-order valence-electron chi connectivity index (χ3n) is 6.17. The second-order valence-electron chi connectivity index (χ2n) is 8.36. The molecule has 1 aliphatic carbocycles. The molecule has 0 spiro atoms. The zero-order valence-corrected chi connectivity index (χ0v) is 16.9. The number of aromatic nitrogens is 1. The summed E-state index contributed by atoms with van der Waals surface area (Å²) in [5.74, 6) is 0.554. The van der Waals surface area contributed by atoms with Crippen molar-refractivity contribution in [2.45, 2.75) is 65.8 Å². The zero-order chi connectivity index (χ0) is 19.7. The molecule has 2 N–H and O–H groups in total. The molecule has 1 unspecified atom stereocenters. The minimum atomic E-state index is -0.0518. The van der Waals surface area contributed by atoms with Gasteiger partial charge in [-0.05, 0) is 51.0 Å². The lowest BCUT2D eigenvalue weighted by Crippen LogP contribution is -2.46. The van der Waals surface area contributed by atoms with E-state index >= 15 is 0 Å². The van der Waals surface area contributed by atoms with Crippen LogP contribution in [0.5, 0.6) is 0 Å². The van der Waals surface area contributed by atoms with Gasteiger partial charge < -0.3 is 15.2 Å². The predicted molar refractivity (Wildman–Crippen MR) is 104 cm³/mol. The lowest BCUT2D eigenvalue weighted by Gasteiger charge is -2.32. The number of piperidine rings is 1. The van der Waals surface area contributed by atoms with Crippen LogP contribution < -0.4 is 5.32 Å². The molecule has 2 heterocycles. The average molecular weight is 373 g/mol. The summed E-state index contributed by atoms with van der Waals surface area (Å²) < 4.78 is 0. The van der Waals surface area contributed by atoms with Crippen molar-refractivity contribution in [3.8, 4) is 0 Å². The van der Waals surface area contributed by atoms with Crippen molar-refractivity contribution in [3.05, 3.63) is 22.5 Å². The molecule has 6 nitrogen and oxygen atoms in total. The number of aryl methyl sites for hydroxylation is 1. The summed E-state index contributed by atoms with van der Waals surface area (Å²) in [6.45, 7) is 9.22. The number of carbonyl (C=O) groups excluding carboxylic acids is 3. The van der Waals surface area contributed by atoms with Gasteiger partial charge in [-0.25, -0.2) is 0 Å². The highest BCUT2D eigenvalue weighted by molar-refractivity contribution is 6.04. The Morgan fingerprint density at radius 2 is 1.81 bits per heavy atom. The maximum absolute atomic E-state index is 13.0. The molecular weight excluding hydrogens is 342 g/mol. The molecule has 0 saturated carbocycles. The van der Waals surface area contributed by atoms with E-state index in [1.54, 1.807) is 0 Å². The molecule has 1 fully saturated rings. The molecule has 1 atom stereocenters. The van der Waals surface area contributed by atoms with Gasteiger partial charge in [-0.15, -0.1) is 0 Å². The van der Waals surface area contributed by atoms with Crippen LogP contribution in [0.2, 0.25) is 0 Å². The minimum absolute atomic E-state index is 0.0326. The maximum atomic E-state index is 13.0. The maximum Gasteiger partial charge on any atom is 0.270 e. The van der Waals surface area contributed by atoms with Gasteiger partial charge in [0.2, 0.25) is 5.91 Å². The fourth-order valence-corrected chi connectivity index (χ4v) is 4.00. The first-order valence-corrected chi connectivity index (χ1v) is 10.1. The molecule has 2 amide bonds. The Labute approximate surface area is 161 Å². The van der Waals surface area contributed by atoms with Crippen LogP contribution in [0.1, 0.15) is 78.6 Å². The normalized spacial score (nSPS) is 19.1. The number of nitrogens with one attached hydrogen (secondary N) is 2. The Morgan fingerprint density at radius 1 is 1.15 bits per heavy atom. The van der Waals surface area contributed by atoms with E-state index < -0.39 is 0 Å². The molecular formula is C21H31N3O3.